The van der Waals surface area contributed by atoms with Crippen molar-refractivity contribution in [1.82, 2.24) is 9.88 Å². The Morgan fingerprint density at radius 2 is 1.94 bits per heavy atom. The van der Waals surface area contributed by atoms with Gasteiger partial charge in [0.05, 0.1) is 42.8 Å². The molecule has 11 heteroatoms. The van der Waals surface area contributed by atoms with E-state index in [0.717, 1.165) is 17.8 Å². The zero-order chi connectivity index (χ0) is 25.1. The molecule has 1 unspecified atom stereocenters. The van der Waals surface area contributed by atoms with Gasteiger partial charge in [0.1, 0.15) is 10.9 Å². The van der Waals surface area contributed by atoms with Gasteiger partial charge in [0, 0.05) is 17.6 Å². The molecular formula is C24H20Cl2N4O4S. The Labute approximate surface area is 216 Å². The molecule has 0 aliphatic carbocycles. The van der Waals surface area contributed by atoms with Gasteiger partial charge in [-0.1, -0.05) is 34.5 Å². The molecule has 1 aliphatic heterocycles. The molecular weight excluding hydrogens is 511 g/mol. The Bertz CT molecular complexity index is 1320. The highest BCUT2D eigenvalue weighted by atomic mass is 35.5. The summed E-state index contributed by atoms with van der Waals surface area (Å²) in [7, 11) is 3.01. The van der Waals surface area contributed by atoms with Gasteiger partial charge < -0.3 is 14.4 Å². The van der Waals surface area contributed by atoms with Crippen molar-refractivity contribution >= 4 is 57.2 Å². The van der Waals surface area contributed by atoms with Crippen LogP contribution in [-0.4, -0.2) is 48.5 Å². The number of rotatable bonds is 6. The molecule has 0 N–H and O–H groups in total. The van der Waals surface area contributed by atoms with Crippen LogP contribution in [0.15, 0.2) is 42.6 Å². The fourth-order valence-corrected chi connectivity index (χ4v) is 5.20. The van der Waals surface area contributed by atoms with Gasteiger partial charge in [-0.3, -0.25) is 14.5 Å². The normalized spacial score (nSPS) is 14.9. The van der Waals surface area contributed by atoms with Gasteiger partial charge in [0.15, 0.2) is 16.6 Å². The van der Waals surface area contributed by atoms with Crippen LogP contribution in [-0.2, 0) is 0 Å². The first-order chi connectivity index (χ1) is 16.9. The second-order valence-electron chi connectivity index (χ2n) is 7.60. The van der Waals surface area contributed by atoms with Crippen molar-refractivity contribution in [2.45, 2.75) is 18.9 Å². The summed E-state index contributed by atoms with van der Waals surface area (Å²) in [4.78, 5) is 34.4. The van der Waals surface area contributed by atoms with Crippen molar-refractivity contribution < 1.29 is 19.1 Å². The molecule has 2 aromatic carbocycles. The first-order valence-corrected chi connectivity index (χ1v) is 12.1. The highest BCUT2D eigenvalue weighted by Gasteiger charge is 2.32. The van der Waals surface area contributed by atoms with E-state index in [1.807, 2.05) is 0 Å². The summed E-state index contributed by atoms with van der Waals surface area (Å²) in [6, 6.07) is 11.3. The number of carbonyl (C=O) groups is 2. The number of nitrogens with zero attached hydrogens (tertiary/aromatic N) is 4. The van der Waals surface area contributed by atoms with Gasteiger partial charge in [-0.25, -0.2) is 4.98 Å². The molecule has 2 heterocycles. The Hall–Kier alpha value is -3.32. The third kappa shape index (κ3) is 4.91. The molecule has 180 valence electrons. The maximum Gasteiger partial charge on any atom is 0.266 e. The van der Waals surface area contributed by atoms with Crippen LogP contribution in [0.25, 0.3) is 0 Å². The number of aromatic nitrogens is 1. The number of likely N-dealkylation sites (tertiary alicyclic amines) is 1. The highest BCUT2D eigenvalue weighted by Crippen LogP contribution is 2.38. The largest absolute Gasteiger partial charge is 0.493 e. The Morgan fingerprint density at radius 3 is 2.63 bits per heavy atom. The number of hydrogen-bond acceptors (Lipinski definition) is 7. The molecule has 0 bridgehead atoms. The maximum absolute atomic E-state index is 13.7. The number of benzene rings is 2. The molecule has 1 aromatic heterocycles. The molecule has 1 aliphatic rings. The summed E-state index contributed by atoms with van der Waals surface area (Å²) in [5.41, 5.74) is 0.640. The molecule has 0 saturated carbocycles. The lowest BCUT2D eigenvalue weighted by Gasteiger charge is -2.22. The third-order valence-corrected chi connectivity index (χ3v) is 7.07. The second-order valence-corrected chi connectivity index (χ2v) is 9.45. The number of methoxy groups -OCH3 is 2. The van der Waals surface area contributed by atoms with E-state index in [2.05, 4.69) is 11.1 Å². The van der Waals surface area contributed by atoms with E-state index >= 15 is 0 Å². The van der Waals surface area contributed by atoms with Crippen LogP contribution in [0.2, 0.25) is 10.0 Å². The van der Waals surface area contributed by atoms with Crippen molar-refractivity contribution in [3.05, 3.63) is 63.1 Å². The van der Waals surface area contributed by atoms with Crippen molar-refractivity contribution in [2.24, 2.45) is 0 Å². The molecule has 3 aromatic rings. The SMILES string of the molecule is COc1ccc(N(C(=O)c2ccc(Cl)cc2Cl)c2ncc(C(=O)N3CCCC3C#N)s2)cc1OC. The van der Waals surface area contributed by atoms with Crippen molar-refractivity contribution in [1.29, 1.82) is 5.26 Å². The first kappa shape index (κ1) is 24.8. The lowest BCUT2D eigenvalue weighted by Crippen LogP contribution is -2.34. The van der Waals surface area contributed by atoms with Gasteiger partial charge in [0.2, 0.25) is 0 Å². The number of halogens is 2. The zero-order valence-electron chi connectivity index (χ0n) is 18.8. The summed E-state index contributed by atoms with van der Waals surface area (Å²) in [5.74, 6) is 0.136. The van der Waals surface area contributed by atoms with Crippen molar-refractivity contribution in [2.75, 3.05) is 25.7 Å². The number of anilines is 2. The monoisotopic (exact) mass is 530 g/mol. The summed E-state index contributed by atoms with van der Waals surface area (Å²) < 4.78 is 10.7. The molecule has 1 atom stereocenters. The van der Waals surface area contributed by atoms with Gasteiger partial charge in [-0.05, 0) is 43.2 Å². The van der Waals surface area contributed by atoms with Crippen LogP contribution in [0.5, 0.6) is 11.5 Å². The number of ether oxygens (including phenoxy) is 2. The number of hydrogen-bond donors (Lipinski definition) is 0. The minimum Gasteiger partial charge on any atom is -0.493 e. The fourth-order valence-electron chi connectivity index (χ4n) is 3.81. The Balaban J connectivity index is 1.78. The fraction of sp³-hybridized carbons (Fsp3) is 0.250. The van der Waals surface area contributed by atoms with Gasteiger partial charge in [-0.15, -0.1) is 0 Å². The number of amides is 2. The lowest BCUT2D eigenvalue weighted by molar-refractivity contribution is 0.0769. The van der Waals surface area contributed by atoms with Crippen LogP contribution in [0.3, 0.4) is 0 Å². The third-order valence-electron chi connectivity index (χ3n) is 5.55. The molecule has 0 radical (unpaired) electrons. The molecule has 35 heavy (non-hydrogen) atoms. The smallest absolute Gasteiger partial charge is 0.266 e. The maximum atomic E-state index is 13.7. The Kier molecular flexibility index (Phi) is 7.45. The van der Waals surface area contributed by atoms with E-state index in [-0.39, 0.29) is 21.6 Å². The molecule has 1 saturated heterocycles. The number of nitriles is 1. The Morgan fingerprint density at radius 1 is 1.17 bits per heavy atom. The summed E-state index contributed by atoms with van der Waals surface area (Å²) >= 11 is 13.4. The average molecular weight is 531 g/mol. The van der Waals surface area contributed by atoms with Crippen LogP contribution in [0.4, 0.5) is 10.8 Å². The minimum absolute atomic E-state index is 0.176. The quantitative estimate of drug-likeness (QED) is 0.413. The van der Waals surface area contributed by atoms with Crippen LogP contribution >= 0.6 is 34.5 Å². The molecule has 1 fully saturated rings. The van der Waals surface area contributed by atoms with E-state index < -0.39 is 11.9 Å². The highest BCUT2D eigenvalue weighted by molar-refractivity contribution is 7.17. The van der Waals surface area contributed by atoms with Gasteiger partial charge in [-0.2, -0.15) is 5.26 Å². The van der Waals surface area contributed by atoms with Crippen LogP contribution in [0.1, 0.15) is 32.9 Å². The van der Waals surface area contributed by atoms with Crippen LogP contribution in [0, 0.1) is 11.3 Å². The molecule has 0 spiro atoms. The lowest BCUT2D eigenvalue weighted by atomic mass is 10.1. The first-order valence-electron chi connectivity index (χ1n) is 10.6. The second kappa shape index (κ2) is 10.5. The standard InChI is InChI=1S/C24H20Cl2N4O4S/c1-33-19-8-6-15(11-20(19)34-2)30(22(31)17-7-5-14(25)10-18(17)26)24-28-13-21(35-24)23(32)29-9-3-4-16(29)12-27/h5-8,10-11,13,16H,3-4,9H2,1-2H3. The minimum atomic E-state index is -0.469. The predicted octanol–water partition coefficient (Wildman–Crippen LogP) is 5.57. The van der Waals surface area contributed by atoms with E-state index in [1.54, 1.807) is 24.3 Å². The summed E-state index contributed by atoms with van der Waals surface area (Å²) in [6.07, 6.45) is 2.82. The van der Waals surface area contributed by atoms with Crippen molar-refractivity contribution in [3.63, 3.8) is 0 Å². The van der Waals surface area contributed by atoms with E-state index in [0.29, 0.717) is 40.1 Å². The van der Waals surface area contributed by atoms with Gasteiger partial charge >= 0.3 is 0 Å². The zero-order valence-corrected chi connectivity index (χ0v) is 21.2. The molecule has 2 amide bonds. The van der Waals surface area contributed by atoms with Gasteiger partial charge in [0.25, 0.3) is 11.8 Å². The van der Waals surface area contributed by atoms with Crippen molar-refractivity contribution in [3.8, 4) is 17.6 Å². The van der Waals surface area contributed by atoms with E-state index in [9.17, 15) is 14.9 Å². The van der Waals surface area contributed by atoms with Crippen LogP contribution < -0.4 is 14.4 Å². The number of carbonyl (C=O) groups excluding carboxylic acids is 2. The average Bonchev–Trinajstić information content (AvgIpc) is 3.53. The summed E-state index contributed by atoms with van der Waals surface area (Å²) in [6.45, 7) is 0.503. The predicted molar refractivity (Wildman–Crippen MR) is 134 cm³/mol. The van der Waals surface area contributed by atoms with E-state index in [4.69, 9.17) is 32.7 Å². The number of thiazole rings is 1. The molecule has 8 nitrogen and oxygen atoms in total. The van der Waals surface area contributed by atoms with E-state index in [1.165, 1.54) is 42.3 Å². The topological polar surface area (TPSA) is 95.8 Å². The molecule has 4 rings (SSSR count). The summed E-state index contributed by atoms with van der Waals surface area (Å²) in [5, 5.41) is 10.2.